The van der Waals surface area contributed by atoms with Gasteiger partial charge in [0.2, 0.25) is 0 Å². The minimum Gasteiger partial charge on any atom is -0.481 e. The lowest BCUT2D eigenvalue weighted by Gasteiger charge is -2.21. The van der Waals surface area contributed by atoms with Gasteiger partial charge in [0, 0.05) is 6.54 Å². The number of carbonyl (C=O) groups is 1. The Morgan fingerprint density at radius 3 is 2.71 bits per heavy atom. The fourth-order valence-corrected chi connectivity index (χ4v) is 2.22. The number of nitriles is 1. The van der Waals surface area contributed by atoms with Gasteiger partial charge in [-0.15, -0.1) is 0 Å². The van der Waals surface area contributed by atoms with Gasteiger partial charge in [0.05, 0.1) is 16.9 Å². The quantitative estimate of drug-likeness (QED) is 0.796. The summed E-state index contributed by atoms with van der Waals surface area (Å²) in [6.07, 6.45) is 2.55. The average Bonchev–Trinajstić information content (AvgIpc) is 2.62. The summed E-state index contributed by atoms with van der Waals surface area (Å²) in [6, 6.07) is 2.29. The highest BCUT2D eigenvalue weighted by Crippen LogP contribution is 2.30. The van der Waals surface area contributed by atoms with Crippen LogP contribution in [-0.4, -0.2) is 35.6 Å². The molecule has 0 aromatic carbocycles. The van der Waals surface area contributed by atoms with Crippen molar-refractivity contribution < 1.29 is 9.90 Å². The molecule has 0 amide bonds. The van der Waals surface area contributed by atoms with E-state index in [9.17, 15) is 4.79 Å². The Morgan fingerprint density at radius 2 is 2.24 bits per heavy atom. The van der Waals surface area contributed by atoms with Crippen LogP contribution in [-0.2, 0) is 4.79 Å². The molecular formula is C13H22N2O2. The molecule has 96 valence electrons. The molecule has 4 heteroatoms. The highest BCUT2D eigenvalue weighted by molar-refractivity contribution is 5.74. The van der Waals surface area contributed by atoms with E-state index >= 15 is 0 Å². The highest BCUT2D eigenvalue weighted by atomic mass is 16.4. The van der Waals surface area contributed by atoms with Gasteiger partial charge in [-0.05, 0) is 53.1 Å². The van der Waals surface area contributed by atoms with E-state index in [1.807, 2.05) is 20.8 Å². The van der Waals surface area contributed by atoms with Crippen LogP contribution in [0.5, 0.6) is 0 Å². The predicted molar refractivity (Wildman–Crippen MR) is 65.4 cm³/mol. The van der Waals surface area contributed by atoms with Crippen molar-refractivity contribution in [2.75, 3.05) is 19.6 Å². The number of likely N-dealkylation sites (tertiary alicyclic amines) is 1. The maximum atomic E-state index is 11.1. The molecule has 17 heavy (non-hydrogen) atoms. The molecule has 0 saturated carbocycles. The first kappa shape index (κ1) is 14.0. The summed E-state index contributed by atoms with van der Waals surface area (Å²) in [7, 11) is 0. The van der Waals surface area contributed by atoms with E-state index in [1.54, 1.807) is 0 Å². The summed E-state index contributed by atoms with van der Waals surface area (Å²) in [5.74, 6) is -0.697. The van der Waals surface area contributed by atoms with E-state index in [4.69, 9.17) is 10.4 Å². The van der Waals surface area contributed by atoms with Crippen LogP contribution >= 0.6 is 0 Å². The van der Waals surface area contributed by atoms with Gasteiger partial charge in [0.25, 0.3) is 0 Å². The Bertz CT molecular complexity index is 333. The maximum Gasteiger partial charge on any atom is 0.310 e. The van der Waals surface area contributed by atoms with Crippen molar-refractivity contribution in [3.8, 4) is 6.07 Å². The van der Waals surface area contributed by atoms with Crippen LogP contribution in [0.1, 0.15) is 40.0 Å². The van der Waals surface area contributed by atoms with E-state index in [1.165, 1.54) is 0 Å². The van der Waals surface area contributed by atoms with E-state index < -0.39 is 11.4 Å². The second kappa shape index (κ2) is 5.05. The third kappa shape index (κ3) is 3.71. The zero-order valence-electron chi connectivity index (χ0n) is 11.0. The molecule has 4 nitrogen and oxygen atoms in total. The lowest BCUT2D eigenvalue weighted by Crippen LogP contribution is -2.32. The average molecular weight is 238 g/mol. The Morgan fingerprint density at radius 1 is 1.59 bits per heavy atom. The Labute approximate surface area is 103 Å². The number of aliphatic carboxylic acids is 1. The first-order valence-electron chi connectivity index (χ1n) is 6.16. The zero-order valence-corrected chi connectivity index (χ0v) is 11.0. The SMILES string of the molecule is CC(C)(C#N)CCCN1CCC(C)(C(=O)O)C1. The summed E-state index contributed by atoms with van der Waals surface area (Å²) in [4.78, 5) is 13.3. The topological polar surface area (TPSA) is 64.3 Å². The van der Waals surface area contributed by atoms with Gasteiger partial charge in [-0.2, -0.15) is 5.26 Å². The van der Waals surface area contributed by atoms with Crippen LogP contribution in [0, 0.1) is 22.2 Å². The molecule has 0 bridgehead atoms. The van der Waals surface area contributed by atoms with Gasteiger partial charge < -0.3 is 10.0 Å². The summed E-state index contributed by atoms with van der Waals surface area (Å²) in [5, 5.41) is 18.0. The Balaban J connectivity index is 2.33. The molecule has 1 heterocycles. The normalized spacial score (nSPS) is 25.8. The van der Waals surface area contributed by atoms with E-state index in [0.29, 0.717) is 6.54 Å². The van der Waals surface area contributed by atoms with E-state index in [2.05, 4.69) is 11.0 Å². The van der Waals surface area contributed by atoms with Crippen molar-refractivity contribution in [3.63, 3.8) is 0 Å². The second-order valence-corrected chi connectivity index (χ2v) is 5.99. The number of hydrogen-bond acceptors (Lipinski definition) is 3. The molecule has 0 aliphatic carbocycles. The fraction of sp³-hybridized carbons (Fsp3) is 0.846. The van der Waals surface area contributed by atoms with Crippen LogP contribution in [0.15, 0.2) is 0 Å². The zero-order chi connectivity index (χ0) is 13.1. The van der Waals surface area contributed by atoms with Gasteiger partial charge in [-0.3, -0.25) is 4.79 Å². The standard InChI is InChI=1S/C13H22N2O2/c1-12(2,9-14)5-4-7-15-8-6-13(3,10-15)11(16)17/h4-8,10H2,1-3H3,(H,16,17). The molecule has 1 rings (SSSR count). The number of hydrogen-bond donors (Lipinski definition) is 1. The van der Waals surface area contributed by atoms with E-state index in [-0.39, 0.29) is 5.41 Å². The van der Waals surface area contributed by atoms with Crippen LogP contribution in [0.25, 0.3) is 0 Å². The molecule has 1 N–H and O–H groups in total. The Hall–Kier alpha value is -1.08. The number of nitrogens with zero attached hydrogens (tertiary/aromatic N) is 2. The van der Waals surface area contributed by atoms with Gasteiger partial charge in [-0.25, -0.2) is 0 Å². The monoisotopic (exact) mass is 238 g/mol. The molecule has 0 spiro atoms. The second-order valence-electron chi connectivity index (χ2n) is 5.99. The minimum absolute atomic E-state index is 0.268. The lowest BCUT2D eigenvalue weighted by molar-refractivity contribution is -0.147. The van der Waals surface area contributed by atoms with Crippen LogP contribution in [0.2, 0.25) is 0 Å². The first-order chi connectivity index (χ1) is 7.79. The molecule has 0 aromatic heterocycles. The van der Waals surface area contributed by atoms with Crippen LogP contribution in [0.3, 0.4) is 0 Å². The van der Waals surface area contributed by atoms with Gasteiger partial charge in [-0.1, -0.05) is 0 Å². The summed E-state index contributed by atoms with van der Waals surface area (Å²) in [5.41, 5.74) is -0.847. The van der Waals surface area contributed by atoms with Crippen molar-refractivity contribution in [1.29, 1.82) is 5.26 Å². The molecule has 1 saturated heterocycles. The summed E-state index contributed by atoms with van der Waals surface area (Å²) in [6.45, 7) is 8.09. The van der Waals surface area contributed by atoms with E-state index in [0.717, 1.165) is 32.4 Å². The predicted octanol–water partition coefficient (Wildman–Crippen LogP) is 2.11. The first-order valence-corrected chi connectivity index (χ1v) is 6.16. The molecule has 1 fully saturated rings. The minimum atomic E-state index is -0.697. The van der Waals surface area contributed by atoms with Crippen LogP contribution < -0.4 is 0 Å². The highest BCUT2D eigenvalue weighted by Gasteiger charge is 2.40. The molecule has 1 unspecified atom stereocenters. The van der Waals surface area contributed by atoms with Crippen LogP contribution in [0.4, 0.5) is 0 Å². The molecule has 1 atom stereocenters. The fourth-order valence-electron chi connectivity index (χ4n) is 2.22. The van der Waals surface area contributed by atoms with Crippen molar-refractivity contribution in [2.45, 2.75) is 40.0 Å². The molecule has 0 aromatic rings. The lowest BCUT2D eigenvalue weighted by atomic mass is 9.89. The third-order valence-electron chi connectivity index (χ3n) is 3.65. The number of rotatable bonds is 5. The molecule has 0 radical (unpaired) electrons. The van der Waals surface area contributed by atoms with Gasteiger partial charge in [0.15, 0.2) is 0 Å². The van der Waals surface area contributed by atoms with Crippen molar-refractivity contribution >= 4 is 5.97 Å². The molecular weight excluding hydrogens is 216 g/mol. The number of carboxylic acid groups (broad SMARTS) is 1. The van der Waals surface area contributed by atoms with Crippen molar-refractivity contribution in [3.05, 3.63) is 0 Å². The largest absolute Gasteiger partial charge is 0.481 e. The molecule has 1 aliphatic heterocycles. The number of carboxylic acids is 1. The van der Waals surface area contributed by atoms with Crippen molar-refractivity contribution in [1.82, 2.24) is 4.90 Å². The smallest absolute Gasteiger partial charge is 0.310 e. The van der Waals surface area contributed by atoms with Gasteiger partial charge >= 0.3 is 5.97 Å². The third-order valence-corrected chi connectivity index (χ3v) is 3.65. The summed E-state index contributed by atoms with van der Waals surface area (Å²) < 4.78 is 0. The summed E-state index contributed by atoms with van der Waals surface area (Å²) >= 11 is 0. The Kier molecular flexibility index (Phi) is 4.16. The van der Waals surface area contributed by atoms with Gasteiger partial charge in [0.1, 0.15) is 0 Å². The maximum absolute atomic E-state index is 11.1. The van der Waals surface area contributed by atoms with Crippen molar-refractivity contribution in [2.24, 2.45) is 10.8 Å². The molecule has 1 aliphatic rings.